The van der Waals surface area contributed by atoms with Crippen LogP contribution in [-0.4, -0.2) is 30.0 Å². The average molecular weight is 256 g/mol. The largest absolute Gasteiger partial charge is 0.363 e. The topological polar surface area (TPSA) is 58.1 Å². The van der Waals surface area contributed by atoms with Gasteiger partial charge in [-0.3, -0.25) is 9.78 Å². The second-order valence-corrected chi connectivity index (χ2v) is 4.31. The standard InChI is InChI=1S/C14H16N4O/c1-18(2)13-9-11(6-8-16-13)10-17-14(19)12-5-3-4-7-15-12/h3-9H,10H2,1-2H3,(H,17,19). The lowest BCUT2D eigenvalue weighted by Crippen LogP contribution is -2.23. The van der Waals surface area contributed by atoms with Crippen molar-refractivity contribution in [3.05, 3.63) is 54.0 Å². The van der Waals surface area contributed by atoms with Gasteiger partial charge in [0.1, 0.15) is 11.5 Å². The fourth-order valence-corrected chi connectivity index (χ4v) is 1.59. The molecular weight excluding hydrogens is 240 g/mol. The fourth-order valence-electron chi connectivity index (χ4n) is 1.59. The Hall–Kier alpha value is -2.43. The minimum absolute atomic E-state index is 0.177. The number of hydrogen-bond donors (Lipinski definition) is 1. The van der Waals surface area contributed by atoms with Crippen LogP contribution in [0.5, 0.6) is 0 Å². The third-order valence-electron chi connectivity index (χ3n) is 2.62. The number of aromatic nitrogens is 2. The van der Waals surface area contributed by atoms with Crippen molar-refractivity contribution >= 4 is 11.7 Å². The van der Waals surface area contributed by atoms with Gasteiger partial charge in [-0.1, -0.05) is 6.07 Å². The second-order valence-electron chi connectivity index (χ2n) is 4.31. The molecule has 0 saturated carbocycles. The first-order chi connectivity index (χ1) is 9.16. The van der Waals surface area contributed by atoms with Crippen molar-refractivity contribution in [2.24, 2.45) is 0 Å². The summed E-state index contributed by atoms with van der Waals surface area (Å²) in [5.74, 6) is 0.688. The minimum atomic E-state index is -0.177. The molecule has 1 amide bonds. The highest BCUT2D eigenvalue weighted by atomic mass is 16.1. The first-order valence-electron chi connectivity index (χ1n) is 5.98. The smallest absolute Gasteiger partial charge is 0.270 e. The Morgan fingerprint density at radius 3 is 2.74 bits per heavy atom. The zero-order chi connectivity index (χ0) is 13.7. The summed E-state index contributed by atoms with van der Waals surface area (Å²) in [4.78, 5) is 22.0. The zero-order valence-corrected chi connectivity index (χ0v) is 11.0. The third kappa shape index (κ3) is 3.51. The van der Waals surface area contributed by atoms with Crippen molar-refractivity contribution in [3.8, 4) is 0 Å². The summed E-state index contributed by atoms with van der Waals surface area (Å²) in [6.07, 6.45) is 3.34. The van der Waals surface area contributed by atoms with Crippen molar-refractivity contribution < 1.29 is 4.79 Å². The molecule has 98 valence electrons. The Bertz CT molecular complexity index is 554. The van der Waals surface area contributed by atoms with Crippen LogP contribution in [0.25, 0.3) is 0 Å². The van der Waals surface area contributed by atoms with E-state index in [2.05, 4.69) is 15.3 Å². The molecule has 2 rings (SSSR count). The van der Waals surface area contributed by atoms with Gasteiger partial charge in [-0.25, -0.2) is 4.98 Å². The molecule has 0 saturated heterocycles. The highest BCUT2D eigenvalue weighted by Gasteiger charge is 2.06. The lowest BCUT2D eigenvalue weighted by atomic mass is 10.2. The van der Waals surface area contributed by atoms with Crippen molar-refractivity contribution in [2.75, 3.05) is 19.0 Å². The van der Waals surface area contributed by atoms with Crippen LogP contribution in [0.2, 0.25) is 0 Å². The molecule has 5 heteroatoms. The van der Waals surface area contributed by atoms with E-state index in [1.807, 2.05) is 31.1 Å². The third-order valence-corrected chi connectivity index (χ3v) is 2.62. The molecule has 0 aliphatic carbocycles. The van der Waals surface area contributed by atoms with Gasteiger partial charge >= 0.3 is 0 Å². The van der Waals surface area contributed by atoms with Crippen LogP contribution in [0, 0.1) is 0 Å². The maximum absolute atomic E-state index is 11.8. The van der Waals surface area contributed by atoms with E-state index < -0.39 is 0 Å². The number of nitrogens with zero attached hydrogens (tertiary/aromatic N) is 3. The van der Waals surface area contributed by atoms with Gasteiger partial charge in [-0.05, 0) is 29.8 Å². The SMILES string of the molecule is CN(C)c1cc(CNC(=O)c2ccccn2)ccn1. The predicted molar refractivity (Wildman–Crippen MR) is 74.0 cm³/mol. The number of rotatable bonds is 4. The van der Waals surface area contributed by atoms with E-state index in [-0.39, 0.29) is 5.91 Å². The molecule has 0 fully saturated rings. The van der Waals surface area contributed by atoms with Crippen molar-refractivity contribution in [3.63, 3.8) is 0 Å². The van der Waals surface area contributed by atoms with Crippen LogP contribution in [0.4, 0.5) is 5.82 Å². The van der Waals surface area contributed by atoms with E-state index in [4.69, 9.17) is 0 Å². The summed E-state index contributed by atoms with van der Waals surface area (Å²) >= 11 is 0. The molecule has 2 aromatic heterocycles. The summed E-state index contributed by atoms with van der Waals surface area (Å²) in [6, 6.07) is 9.08. The van der Waals surface area contributed by atoms with Gasteiger partial charge in [0, 0.05) is 33.0 Å². The summed E-state index contributed by atoms with van der Waals surface area (Å²) < 4.78 is 0. The maximum Gasteiger partial charge on any atom is 0.270 e. The summed E-state index contributed by atoms with van der Waals surface area (Å²) in [7, 11) is 3.86. The summed E-state index contributed by atoms with van der Waals surface area (Å²) in [5.41, 5.74) is 1.42. The minimum Gasteiger partial charge on any atom is -0.363 e. The Morgan fingerprint density at radius 1 is 1.21 bits per heavy atom. The van der Waals surface area contributed by atoms with Crippen molar-refractivity contribution in [1.29, 1.82) is 0 Å². The number of pyridine rings is 2. The number of amides is 1. The van der Waals surface area contributed by atoms with Crippen LogP contribution in [0.3, 0.4) is 0 Å². The van der Waals surface area contributed by atoms with E-state index in [9.17, 15) is 4.79 Å². The Balaban J connectivity index is 1.99. The number of anilines is 1. The van der Waals surface area contributed by atoms with Gasteiger partial charge in [0.05, 0.1) is 0 Å². The Kier molecular flexibility index (Phi) is 4.07. The first-order valence-corrected chi connectivity index (χ1v) is 5.98. The first kappa shape index (κ1) is 13.0. The molecule has 0 radical (unpaired) electrons. The van der Waals surface area contributed by atoms with Gasteiger partial charge < -0.3 is 10.2 Å². The number of carbonyl (C=O) groups excluding carboxylic acids is 1. The Morgan fingerprint density at radius 2 is 2.05 bits per heavy atom. The number of nitrogens with one attached hydrogen (secondary N) is 1. The Labute approximate surface area is 112 Å². The maximum atomic E-state index is 11.8. The molecule has 0 aromatic carbocycles. The summed E-state index contributed by atoms with van der Waals surface area (Å²) in [5, 5.41) is 2.83. The van der Waals surface area contributed by atoms with Crippen LogP contribution >= 0.6 is 0 Å². The molecule has 1 N–H and O–H groups in total. The van der Waals surface area contributed by atoms with Crippen LogP contribution in [-0.2, 0) is 6.54 Å². The van der Waals surface area contributed by atoms with E-state index in [0.29, 0.717) is 12.2 Å². The molecule has 2 aromatic rings. The normalized spacial score (nSPS) is 10.0. The highest BCUT2D eigenvalue weighted by Crippen LogP contribution is 2.09. The van der Waals surface area contributed by atoms with Crippen LogP contribution in [0.1, 0.15) is 16.1 Å². The lowest BCUT2D eigenvalue weighted by Gasteiger charge is -2.12. The predicted octanol–water partition coefficient (Wildman–Crippen LogP) is 1.47. The van der Waals surface area contributed by atoms with Crippen molar-refractivity contribution in [2.45, 2.75) is 6.54 Å². The van der Waals surface area contributed by atoms with Crippen molar-refractivity contribution in [1.82, 2.24) is 15.3 Å². The highest BCUT2D eigenvalue weighted by molar-refractivity contribution is 5.92. The molecule has 0 aliphatic heterocycles. The van der Waals surface area contributed by atoms with E-state index in [1.165, 1.54) is 0 Å². The second kappa shape index (κ2) is 5.95. The van der Waals surface area contributed by atoms with E-state index in [1.54, 1.807) is 30.6 Å². The fraction of sp³-hybridized carbons (Fsp3) is 0.214. The van der Waals surface area contributed by atoms with Gasteiger partial charge in [-0.2, -0.15) is 0 Å². The molecule has 0 unspecified atom stereocenters. The number of hydrogen-bond acceptors (Lipinski definition) is 4. The molecule has 0 spiro atoms. The molecule has 0 bridgehead atoms. The molecule has 0 aliphatic rings. The average Bonchev–Trinajstić information content (AvgIpc) is 2.46. The van der Waals surface area contributed by atoms with E-state index >= 15 is 0 Å². The summed E-state index contributed by atoms with van der Waals surface area (Å²) in [6.45, 7) is 0.457. The molecule has 5 nitrogen and oxygen atoms in total. The van der Waals surface area contributed by atoms with E-state index in [0.717, 1.165) is 11.4 Å². The number of carbonyl (C=O) groups is 1. The molecule has 2 heterocycles. The molecular formula is C14H16N4O. The van der Waals surface area contributed by atoms with Crippen LogP contribution in [0.15, 0.2) is 42.7 Å². The lowest BCUT2D eigenvalue weighted by molar-refractivity contribution is 0.0946. The zero-order valence-electron chi connectivity index (χ0n) is 11.0. The molecule has 0 atom stereocenters. The van der Waals surface area contributed by atoms with Gasteiger partial charge in [0.2, 0.25) is 0 Å². The van der Waals surface area contributed by atoms with Gasteiger partial charge in [-0.15, -0.1) is 0 Å². The monoisotopic (exact) mass is 256 g/mol. The van der Waals surface area contributed by atoms with Gasteiger partial charge in [0.25, 0.3) is 5.91 Å². The van der Waals surface area contributed by atoms with Crippen LogP contribution < -0.4 is 10.2 Å². The quantitative estimate of drug-likeness (QED) is 0.900. The molecule has 19 heavy (non-hydrogen) atoms. The van der Waals surface area contributed by atoms with Gasteiger partial charge in [0.15, 0.2) is 0 Å².